The van der Waals surface area contributed by atoms with Gasteiger partial charge < -0.3 is 4.74 Å². The van der Waals surface area contributed by atoms with E-state index in [1.54, 1.807) is 0 Å². The van der Waals surface area contributed by atoms with E-state index < -0.39 is 0 Å². The topological polar surface area (TPSA) is 50.6 Å². The van der Waals surface area contributed by atoms with Crippen LogP contribution in [0.25, 0.3) is 0 Å². The second-order valence-electron chi connectivity index (χ2n) is 0.989. The van der Waals surface area contributed by atoms with Crippen molar-refractivity contribution in [3.05, 3.63) is 0 Å². The molecular formula is C2H6N2O. The van der Waals surface area contributed by atoms with Crippen LogP contribution in [0.15, 0.2) is 0 Å². The van der Waals surface area contributed by atoms with Gasteiger partial charge in [0, 0.05) is 0 Å². The minimum absolute atomic E-state index is 0.162. The molecule has 5 heavy (non-hydrogen) atoms. The molecule has 0 aromatic carbocycles. The number of epoxide rings is 1. The highest BCUT2D eigenvalue weighted by Gasteiger charge is 2.18. The molecular weight excluding hydrogens is 68.0 g/mol. The van der Waals surface area contributed by atoms with Gasteiger partial charge >= 0.3 is 0 Å². The van der Waals surface area contributed by atoms with E-state index in [0.29, 0.717) is 0 Å². The van der Waals surface area contributed by atoms with Crippen molar-refractivity contribution in [1.82, 2.24) is 5.43 Å². The second-order valence-corrected chi connectivity index (χ2v) is 0.989. The number of nitrogens with two attached hydrogens (primary N) is 1. The summed E-state index contributed by atoms with van der Waals surface area (Å²) >= 11 is 0. The number of hydrazine groups is 1. The first-order valence-electron chi connectivity index (χ1n) is 1.51. The Morgan fingerprint density at radius 2 is 2.60 bits per heavy atom. The van der Waals surface area contributed by atoms with Crippen LogP contribution < -0.4 is 11.3 Å². The number of nitrogens with one attached hydrogen (secondary N) is 1. The third kappa shape index (κ3) is 0.576. The predicted octanol–water partition coefficient (Wildman–Crippen LogP) is -1.19. The molecule has 1 rings (SSSR count). The van der Waals surface area contributed by atoms with Gasteiger partial charge in [0.25, 0.3) is 0 Å². The van der Waals surface area contributed by atoms with Gasteiger partial charge in [-0.25, -0.2) is 5.43 Å². The molecule has 1 fully saturated rings. The van der Waals surface area contributed by atoms with Crippen molar-refractivity contribution < 1.29 is 4.74 Å². The van der Waals surface area contributed by atoms with E-state index in [9.17, 15) is 0 Å². The molecule has 0 amide bonds. The minimum atomic E-state index is 0.162. The summed E-state index contributed by atoms with van der Waals surface area (Å²) < 4.78 is 4.62. The first-order valence-corrected chi connectivity index (χ1v) is 1.51. The van der Waals surface area contributed by atoms with E-state index in [1.807, 2.05) is 0 Å². The van der Waals surface area contributed by atoms with Gasteiger partial charge in [-0.15, -0.1) is 0 Å². The van der Waals surface area contributed by atoms with Gasteiger partial charge in [0.1, 0.15) is 6.23 Å². The summed E-state index contributed by atoms with van der Waals surface area (Å²) in [6.45, 7) is 0.774. The third-order valence-corrected chi connectivity index (χ3v) is 0.519. The lowest BCUT2D eigenvalue weighted by Crippen LogP contribution is -2.24. The zero-order chi connectivity index (χ0) is 3.70. The summed E-state index contributed by atoms with van der Waals surface area (Å²) in [5.41, 5.74) is 2.42. The maximum atomic E-state index is 4.86. The van der Waals surface area contributed by atoms with Crippen LogP contribution in [0.4, 0.5) is 0 Å². The largest absolute Gasteiger partial charge is 0.355 e. The first-order chi connectivity index (χ1) is 2.43. The Kier molecular flexibility index (Phi) is 0.574. The van der Waals surface area contributed by atoms with E-state index in [-0.39, 0.29) is 6.23 Å². The van der Waals surface area contributed by atoms with E-state index in [1.165, 1.54) is 0 Å². The number of hydrogen-bond acceptors (Lipinski definition) is 3. The van der Waals surface area contributed by atoms with Crippen LogP contribution in [-0.4, -0.2) is 12.8 Å². The zero-order valence-corrected chi connectivity index (χ0v) is 2.77. The average Bonchev–Trinajstić information content (AvgIpc) is 2.12. The Hall–Kier alpha value is -0.120. The lowest BCUT2D eigenvalue weighted by molar-refractivity contribution is 0.373. The van der Waals surface area contributed by atoms with Crippen LogP contribution in [0.5, 0.6) is 0 Å². The second kappa shape index (κ2) is 0.931. The smallest absolute Gasteiger partial charge is 0.144 e. The maximum Gasteiger partial charge on any atom is 0.144 e. The van der Waals surface area contributed by atoms with Crippen molar-refractivity contribution in [2.24, 2.45) is 5.84 Å². The highest BCUT2D eigenvalue weighted by Crippen LogP contribution is 1.99. The molecule has 3 N–H and O–H groups in total. The molecule has 0 radical (unpaired) electrons. The monoisotopic (exact) mass is 74.0 g/mol. The normalized spacial score (nSPS) is 34.2. The van der Waals surface area contributed by atoms with E-state index in [0.717, 1.165) is 6.61 Å². The number of ether oxygens (including phenoxy) is 1. The lowest BCUT2D eigenvalue weighted by atomic mass is 10.8. The quantitative estimate of drug-likeness (QED) is 0.233. The standard InChI is InChI=1S/C2H6N2O/c3-4-2-1-5-2/h2,4H,1,3H2/t2-/m1/s1. The molecule has 30 valence electrons. The summed E-state index contributed by atoms with van der Waals surface area (Å²) in [4.78, 5) is 0. The molecule has 3 nitrogen and oxygen atoms in total. The zero-order valence-electron chi connectivity index (χ0n) is 2.77. The Balaban J connectivity index is 2.00. The molecule has 0 aromatic heterocycles. The fourth-order valence-corrected chi connectivity index (χ4v) is 0.144. The highest BCUT2D eigenvalue weighted by molar-refractivity contribution is 4.59. The van der Waals surface area contributed by atoms with Crippen LogP contribution in [0, 0.1) is 0 Å². The average molecular weight is 74.1 g/mol. The molecule has 1 atom stereocenters. The van der Waals surface area contributed by atoms with Crippen LogP contribution in [0.1, 0.15) is 0 Å². The van der Waals surface area contributed by atoms with Crippen LogP contribution in [0.2, 0.25) is 0 Å². The van der Waals surface area contributed by atoms with Crippen LogP contribution in [-0.2, 0) is 4.74 Å². The molecule has 1 heterocycles. The summed E-state index contributed by atoms with van der Waals surface area (Å²) in [5, 5.41) is 0. The predicted molar refractivity (Wildman–Crippen MR) is 17.1 cm³/mol. The van der Waals surface area contributed by atoms with Crippen molar-refractivity contribution in [2.75, 3.05) is 6.61 Å². The third-order valence-electron chi connectivity index (χ3n) is 0.519. The van der Waals surface area contributed by atoms with Crippen LogP contribution >= 0.6 is 0 Å². The molecule has 3 heteroatoms. The van der Waals surface area contributed by atoms with E-state index >= 15 is 0 Å². The van der Waals surface area contributed by atoms with Gasteiger partial charge in [-0.2, -0.15) is 0 Å². The fraction of sp³-hybridized carbons (Fsp3) is 1.00. The van der Waals surface area contributed by atoms with Crippen LogP contribution in [0.3, 0.4) is 0 Å². The Labute approximate surface area is 30.1 Å². The maximum absolute atomic E-state index is 4.86. The molecule has 1 aliphatic rings. The Bertz CT molecular complexity index is 34.6. The SMILES string of the molecule is NN[C@H]1CO1. The van der Waals surface area contributed by atoms with E-state index in [2.05, 4.69) is 10.2 Å². The first kappa shape index (κ1) is 3.08. The molecule has 1 aliphatic heterocycles. The summed E-state index contributed by atoms with van der Waals surface area (Å²) in [6.07, 6.45) is 0.162. The van der Waals surface area contributed by atoms with Crippen molar-refractivity contribution in [3.8, 4) is 0 Å². The van der Waals surface area contributed by atoms with Gasteiger partial charge in [0.05, 0.1) is 6.61 Å². The minimum Gasteiger partial charge on any atom is -0.355 e. The lowest BCUT2D eigenvalue weighted by Gasteiger charge is -1.77. The summed E-state index contributed by atoms with van der Waals surface area (Å²) in [5.74, 6) is 4.86. The molecule has 0 unspecified atom stereocenters. The van der Waals surface area contributed by atoms with Crippen molar-refractivity contribution >= 4 is 0 Å². The molecule has 0 aromatic rings. The van der Waals surface area contributed by atoms with Crippen molar-refractivity contribution in [2.45, 2.75) is 6.23 Å². The summed E-state index contributed by atoms with van der Waals surface area (Å²) in [7, 11) is 0. The van der Waals surface area contributed by atoms with Gasteiger partial charge in [0.2, 0.25) is 0 Å². The van der Waals surface area contributed by atoms with Gasteiger partial charge in [-0.05, 0) is 0 Å². The fourth-order valence-electron chi connectivity index (χ4n) is 0.144. The van der Waals surface area contributed by atoms with Gasteiger partial charge in [0.15, 0.2) is 0 Å². The number of rotatable bonds is 1. The Morgan fingerprint density at radius 1 is 2.00 bits per heavy atom. The highest BCUT2D eigenvalue weighted by atomic mass is 16.6. The molecule has 1 saturated heterocycles. The van der Waals surface area contributed by atoms with Gasteiger partial charge in [-0.1, -0.05) is 0 Å². The molecule has 0 spiro atoms. The van der Waals surface area contributed by atoms with Gasteiger partial charge in [-0.3, -0.25) is 5.84 Å². The van der Waals surface area contributed by atoms with Crippen molar-refractivity contribution in [1.29, 1.82) is 0 Å². The van der Waals surface area contributed by atoms with E-state index in [4.69, 9.17) is 5.84 Å². The van der Waals surface area contributed by atoms with Crippen molar-refractivity contribution in [3.63, 3.8) is 0 Å². The molecule has 0 aliphatic carbocycles. The number of hydrogen-bond donors (Lipinski definition) is 2. The Morgan fingerprint density at radius 3 is 2.60 bits per heavy atom. The molecule has 0 bridgehead atoms. The summed E-state index contributed by atoms with van der Waals surface area (Å²) in [6, 6.07) is 0. The molecule has 0 saturated carbocycles.